The molecule has 5 heteroatoms. The maximum Gasteiger partial charge on any atom is 0.335 e. The number of carboxylic acids is 1. The molecule has 3 atom stereocenters. The van der Waals surface area contributed by atoms with Crippen molar-refractivity contribution in [3.63, 3.8) is 0 Å². The van der Waals surface area contributed by atoms with E-state index in [-0.39, 0.29) is 17.4 Å². The van der Waals surface area contributed by atoms with Crippen LogP contribution in [0.3, 0.4) is 0 Å². The molecule has 3 aliphatic rings. The maximum atomic E-state index is 13.7. The van der Waals surface area contributed by atoms with Crippen LogP contribution in [0.1, 0.15) is 139 Å². The van der Waals surface area contributed by atoms with Crippen molar-refractivity contribution in [3.05, 3.63) is 54.1 Å². The largest absolute Gasteiger partial charge is 0.478 e. The average molecular weight is 603 g/mol. The second-order valence-electron chi connectivity index (χ2n) is 13.6. The summed E-state index contributed by atoms with van der Waals surface area (Å²) in [5.41, 5.74) is 3.08. The Morgan fingerprint density at radius 1 is 0.568 bits per heavy atom. The molecule has 2 N–H and O–H groups in total. The molecule has 2 aromatic rings. The molecule has 0 aromatic heterocycles. The molecule has 3 heterocycles. The highest BCUT2D eigenvalue weighted by molar-refractivity contribution is 5.93. The van der Waals surface area contributed by atoms with E-state index < -0.39 is 5.97 Å². The average Bonchev–Trinajstić information content (AvgIpc) is 3.04. The molecule has 3 aliphatic heterocycles. The summed E-state index contributed by atoms with van der Waals surface area (Å²) < 4.78 is 0. The molecule has 0 spiro atoms. The van der Waals surface area contributed by atoms with Gasteiger partial charge >= 0.3 is 5.97 Å². The fourth-order valence-electron chi connectivity index (χ4n) is 7.27. The monoisotopic (exact) mass is 602 g/mol. The third-order valence-corrected chi connectivity index (χ3v) is 10.1. The summed E-state index contributed by atoms with van der Waals surface area (Å²) in [5, 5.41) is 12.4. The Hall–Kier alpha value is -2.66. The van der Waals surface area contributed by atoms with Gasteiger partial charge in [-0.1, -0.05) is 133 Å². The quantitative estimate of drug-likeness (QED) is 0.365. The lowest BCUT2D eigenvalue weighted by Crippen LogP contribution is -2.46. The van der Waals surface area contributed by atoms with Crippen molar-refractivity contribution in [2.24, 2.45) is 11.8 Å². The van der Waals surface area contributed by atoms with Crippen molar-refractivity contribution in [3.8, 4) is 11.1 Å². The van der Waals surface area contributed by atoms with Gasteiger partial charge in [-0.05, 0) is 73.7 Å². The van der Waals surface area contributed by atoms with Crippen molar-refractivity contribution in [2.75, 3.05) is 25.0 Å². The Bertz CT molecular complexity index is 1090. The Labute approximate surface area is 267 Å². The molecular formula is C39H58N2O3. The first-order chi connectivity index (χ1) is 21.6. The van der Waals surface area contributed by atoms with Crippen molar-refractivity contribution in [1.29, 1.82) is 0 Å². The normalized spacial score (nSPS) is 24.1. The molecule has 2 aromatic carbocycles. The highest BCUT2D eigenvalue weighted by atomic mass is 16.4. The number of amides is 1. The van der Waals surface area contributed by atoms with Gasteiger partial charge in [0.1, 0.15) is 0 Å². The molecule has 0 radical (unpaired) electrons. The van der Waals surface area contributed by atoms with Crippen molar-refractivity contribution in [2.45, 2.75) is 128 Å². The fraction of sp³-hybridized carbons (Fsp3) is 0.641. The zero-order valence-electron chi connectivity index (χ0n) is 27.2. The van der Waals surface area contributed by atoms with Gasteiger partial charge in [0.2, 0.25) is 5.91 Å². The van der Waals surface area contributed by atoms with Gasteiger partial charge in [-0.3, -0.25) is 4.79 Å². The van der Waals surface area contributed by atoms with Gasteiger partial charge in [0.25, 0.3) is 0 Å². The van der Waals surface area contributed by atoms with E-state index in [1.165, 1.54) is 116 Å². The molecule has 242 valence electrons. The van der Waals surface area contributed by atoms with E-state index in [1.807, 2.05) is 36.4 Å². The molecule has 44 heavy (non-hydrogen) atoms. The number of benzene rings is 2. The van der Waals surface area contributed by atoms with Crippen LogP contribution in [0, 0.1) is 11.8 Å². The minimum atomic E-state index is -0.920. The molecule has 2 unspecified atom stereocenters. The van der Waals surface area contributed by atoms with Crippen LogP contribution in [0.2, 0.25) is 0 Å². The number of piperidine rings is 1. The fourth-order valence-corrected chi connectivity index (χ4v) is 7.27. The lowest BCUT2D eigenvalue weighted by Gasteiger charge is -2.38. The summed E-state index contributed by atoms with van der Waals surface area (Å²) in [6.45, 7) is 3.13. The van der Waals surface area contributed by atoms with Gasteiger partial charge in [0.15, 0.2) is 0 Å². The van der Waals surface area contributed by atoms with E-state index in [9.17, 15) is 14.7 Å². The minimum Gasteiger partial charge on any atom is -0.478 e. The van der Waals surface area contributed by atoms with Crippen LogP contribution in [0.5, 0.6) is 0 Å². The molecule has 5 nitrogen and oxygen atoms in total. The van der Waals surface area contributed by atoms with Gasteiger partial charge < -0.3 is 15.3 Å². The van der Waals surface area contributed by atoms with Crippen LogP contribution in [-0.2, 0) is 4.79 Å². The predicted octanol–water partition coefficient (Wildman–Crippen LogP) is 10.4. The van der Waals surface area contributed by atoms with Crippen LogP contribution in [0.25, 0.3) is 11.1 Å². The summed E-state index contributed by atoms with van der Waals surface area (Å²) in [5.74, 6) is -0.252. The van der Waals surface area contributed by atoms with E-state index >= 15 is 0 Å². The third kappa shape index (κ3) is 12.0. The Morgan fingerprint density at radius 2 is 1.02 bits per heavy atom. The van der Waals surface area contributed by atoms with Gasteiger partial charge in [-0.15, -0.1) is 0 Å². The topological polar surface area (TPSA) is 69.6 Å². The summed E-state index contributed by atoms with van der Waals surface area (Å²) in [7, 11) is 0. The number of nitrogens with one attached hydrogen (secondary N) is 1. The number of carbonyl (C=O) groups excluding carboxylic acids is 1. The number of aromatic carboxylic acids is 1. The van der Waals surface area contributed by atoms with E-state index in [4.69, 9.17) is 0 Å². The first-order valence-electron chi connectivity index (χ1n) is 18.1. The number of hydrogen-bond donors (Lipinski definition) is 2. The summed E-state index contributed by atoms with van der Waals surface area (Å²) in [4.78, 5) is 27.5. The number of hydrogen-bond acceptors (Lipinski definition) is 3. The molecule has 5 rings (SSSR count). The van der Waals surface area contributed by atoms with Crippen LogP contribution in [0.4, 0.5) is 5.69 Å². The predicted molar refractivity (Wildman–Crippen MR) is 183 cm³/mol. The Balaban J connectivity index is 1.31. The number of anilines is 1. The van der Waals surface area contributed by atoms with Crippen molar-refractivity contribution >= 4 is 17.6 Å². The van der Waals surface area contributed by atoms with Crippen LogP contribution in [0.15, 0.2) is 48.5 Å². The lowest BCUT2D eigenvalue weighted by atomic mass is 9.81. The summed E-state index contributed by atoms with van der Waals surface area (Å²) >= 11 is 0. The highest BCUT2D eigenvalue weighted by Gasteiger charge is 2.33. The maximum absolute atomic E-state index is 13.7. The second kappa shape index (κ2) is 19.7. The number of fused-ring (bicyclic) bond motifs is 21. The first-order valence-corrected chi connectivity index (χ1v) is 18.1. The Morgan fingerprint density at radius 3 is 1.52 bits per heavy atom. The van der Waals surface area contributed by atoms with Crippen LogP contribution in [-0.4, -0.2) is 41.5 Å². The van der Waals surface area contributed by atoms with Crippen molar-refractivity contribution < 1.29 is 14.7 Å². The van der Waals surface area contributed by atoms with Gasteiger partial charge in [0.05, 0.1) is 11.5 Å². The first kappa shape index (κ1) is 34.2. The second-order valence-corrected chi connectivity index (χ2v) is 13.6. The lowest BCUT2D eigenvalue weighted by molar-refractivity contribution is -0.123. The molecule has 3 saturated heterocycles. The highest BCUT2D eigenvalue weighted by Crippen LogP contribution is 2.31. The van der Waals surface area contributed by atoms with Crippen LogP contribution >= 0.6 is 0 Å². The van der Waals surface area contributed by atoms with E-state index in [1.54, 1.807) is 12.1 Å². The van der Waals surface area contributed by atoms with Gasteiger partial charge in [0, 0.05) is 12.2 Å². The number of carboxylic acid groups (broad SMARTS) is 1. The smallest absolute Gasteiger partial charge is 0.335 e. The minimum absolute atomic E-state index is 0.0394. The van der Waals surface area contributed by atoms with E-state index in [0.717, 1.165) is 49.3 Å². The zero-order valence-corrected chi connectivity index (χ0v) is 27.2. The SMILES string of the molecule is O=C(O)c1ccc(-c2ccc(NC(=O)[C@@H]3CN4CCCCCCCCCCCCCCCCCCCCC3CC4)cc2)cc1. The number of carbonyl (C=O) groups is 2. The standard InChI is InChI=1S/C39H58N2O3/c42-38(40-36-26-24-33(25-27-36)32-20-22-35(23-21-32)39(43)44)37-31-41-29-18-16-14-12-10-8-6-4-2-1-3-5-7-9-11-13-15-17-19-34(37)28-30-41/h20-27,34,37H,1-19,28-31H2,(H,40,42)(H,43,44)/t34?,37-/m1/s1. The molecule has 2 bridgehead atoms. The zero-order chi connectivity index (χ0) is 30.8. The van der Waals surface area contributed by atoms with E-state index in [2.05, 4.69) is 10.2 Å². The molecule has 3 fully saturated rings. The summed E-state index contributed by atoms with van der Waals surface area (Å²) in [6, 6.07) is 14.9. The van der Waals surface area contributed by atoms with Crippen molar-refractivity contribution in [1.82, 2.24) is 4.90 Å². The number of rotatable bonds is 4. The Kier molecular flexibility index (Phi) is 15.3. The summed E-state index contributed by atoms with van der Waals surface area (Å²) in [6.07, 6.45) is 27.0. The number of nitrogens with zero attached hydrogens (tertiary/aromatic N) is 1. The van der Waals surface area contributed by atoms with Crippen LogP contribution < -0.4 is 5.32 Å². The third-order valence-electron chi connectivity index (χ3n) is 10.1. The molecule has 0 saturated carbocycles. The van der Waals surface area contributed by atoms with Gasteiger partial charge in [-0.25, -0.2) is 4.79 Å². The van der Waals surface area contributed by atoms with E-state index in [0.29, 0.717) is 5.92 Å². The molecule has 0 aliphatic carbocycles. The van der Waals surface area contributed by atoms with Gasteiger partial charge in [-0.2, -0.15) is 0 Å². The molecular weight excluding hydrogens is 544 g/mol. The molecule has 1 amide bonds.